The fraction of sp³-hybridized carbons (Fsp3) is 0.500. The Bertz CT molecular complexity index is 66.9. The van der Waals surface area contributed by atoms with Gasteiger partial charge in [0, 0.05) is 6.92 Å². The van der Waals surface area contributed by atoms with Gasteiger partial charge in [-0.05, 0) is 0 Å². The van der Waals surface area contributed by atoms with E-state index in [1.165, 1.54) is 14.0 Å². The van der Waals surface area contributed by atoms with Crippen molar-refractivity contribution >= 4 is 6.47 Å². The lowest BCUT2D eigenvalue weighted by Gasteiger charge is -1.67. The van der Waals surface area contributed by atoms with Crippen LogP contribution in [-0.2, 0) is 9.53 Å². The van der Waals surface area contributed by atoms with Gasteiger partial charge in [-0.3, -0.25) is 4.79 Å². The lowest BCUT2D eigenvalue weighted by atomic mass is 11.0. The molecule has 0 aromatic heterocycles. The van der Waals surface area contributed by atoms with Crippen LogP contribution in [0.3, 0.4) is 0 Å². The van der Waals surface area contributed by atoms with Crippen LogP contribution in [0.4, 0.5) is 0 Å². The summed E-state index contributed by atoms with van der Waals surface area (Å²) in [5, 5.41) is 7.32. The summed E-state index contributed by atoms with van der Waals surface area (Å²) in [6.45, 7) is 1.81. The molecule has 0 aromatic rings. The molecule has 0 aliphatic rings. The topological polar surface area (TPSA) is 85.1 Å². The Kier molecular flexibility index (Phi) is 76.7. The van der Waals surface area contributed by atoms with Crippen molar-refractivity contribution in [2.75, 3.05) is 7.11 Å². The summed E-state index contributed by atoms with van der Waals surface area (Å²) < 4.78 is 3.86. The molecule has 0 aromatic carbocycles. The summed E-state index contributed by atoms with van der Waals surface area (Å²) in [6.07, 6.45) is 0. The largest absolute Gasteiger partial charge is 0.471 e. The molecule has 0 spiro atoms. The first-order valence-electron chi connectivity index (χ1n) is 1.60. The number of ether oxygens (including phenoxy) is 1. The quantitative estimate of drug-likeness (QED) is 0.507. The van der Waals surface area contributed by atoms with E-state index in [1.807, 2.05) is 0 Å². The third-order valence-corrected chi connectivity index (χ3v) is 0.0962. The van der Waals surface area contributed by atoms with Crippen molar-refractivity contribution in [3.05, 3.63) is 0 Å². The summed E-state index contributed by atoms with van der Waals surface area (Å²) in [7, 11) is 1.31. The maximum absolute atomic E-state index is 8.95. The minimum Gasteiger partial charge on any atom is -0.471 e. The van der Waals surface area contributed by atoms with Gasteiger partial charge in [0.15, 0.2) is 0 Å². The molecule has 0 saturated carbocycles. The molecule has 0 rings (SSSR count). The first-order valence-corrected chi connectivity index (χ1v) is 1.60. The van der Waals surface area contributed by atoms with Crippen LogP contribution >= 0.6 is 0 Å². The average molecular weight is 118 g/mol. The molecule has 48 valence electrons. The molecule has 0 heterocycles. The lowest BCUT2D eigenvalue weighted by Crippen LogP contribution is -1.68. The number of hydrogen-bond donors (Lipinski definition) is 1. The Morgan fingerprint density at radius 3 is 1.88 bits per heavy atom. The average Bonchev–Trinajstić information content (AvgIpc) is 1.69. The predicted octanol–water partition coefficient (Wildman–Crippen LogP) is 0.481. The Morgan fingerprint density at radius 1 is 1.75 bits per heavy atom. The van der Waals surface area contributed by atoms with E-state index in [-0.39, 0.29) is 6.15 Å². The highest BCUT2D eigenvalue weighted by Crippen LogP contribution is 1.35. The van der Waals surface area contributed by atoms with E-state index >= 15 is 0 Å². The summed E-state index contributed by atoms with van der Waals surface area (Å²) in [5.41, 5.74) is 0. The van der Waals surface area contributed by atoms with Gasteiger partial charge in [-0.1, -0.05) is 0 Å². The number of nitrogens with zero attached hydrogens (tertiary/aromatic N) is 1. The van der Waals surface area contributed by atoms with Gasteiger partial charge in [0.25, 0.3) is 6.47 Å². The fourth-order valence-corrected chi connectivity index (χ4v) is 0. The maximum Gasteiger partial charge on any atom is 0.292 e. The van der Waals surface area contributed by atoms with Crippen LogP contribution in [0, 0.1) is 11.3 Å². The standard InChI is InChI=1S/C2H3N.C2H4O2.H3N/c1-2-3;1-4-2-3;/h1H3;2H,1H3;1H3. The molecule has 0 fully saturated rings. The Balaban J connectivity index is -0.0000000575. The van der Waals surface area contributed by atoms with Crippen LogP contribution in [0.25, 0.3) is 0 Å². The smallest absolute Gasteiger partial charge is 0.292 e. The minimum absolute atomic E-state index is 0. The number of nitriles is 1. The monoisotopic (exact) mass is 118 g/mol. The third kappa shape index (κ3) is 11800. The van der Waals surface area contributed by atoms with Gasteiger partial charge in [0.1, 0.15) is 0 Å². The number of carbonyl (C=O) groups is 1. The van der Waals surface area contributed by atoms with Crippen molar-refractivity contribution < 1.29 is 9.53 Å². The van der Waals surface area contributed by atoms with E-state index in [4.69, 9.17) is 10.1 Å². The van der Waals surface area contributed by atoms with Gasteiger partial charge in [-0.15, -0.1) is 0 Å². The molecule has 0 aliphatic heterocycles. The molecule has 0 unspecified atom stereocenters. The molecule has 3 N–H and O–H groups in total. The second-order valence-electron chi connectivity index (χ2n) is 0.556. The SMILES string of the molecule is CC#N.COC=O.N. The normalized spacial score (nSPS) is 3.62. The van der Waals surface area contributed by atoms with E-state index in [9.17, 15) is 0 Å². The first kappa shape index (κ1) is 15.8. The summed E-state index contributed by atoms with van der Waals surface area (Å²) in [4.78, 5) is 8.95. The molecule has 8 heavy (non-hydrogen) atoms. The van der Waals surface area contributed by atoms with Gasteiger partial charge in [-0.25, -0.2) is 0 Å². The Labute approximate surface area is 48.6 Å². The number of carbonyl (C=O) groups excluding carboxylic acids is 1. The molecule has 0 radical (unpaired) electrons. The second-order valence-corrected chi connectivity index (χ2v) is 0.556. The molecular formula is C4H10N2O2. The molecule has 0 amide bonds. The van der Waals surface area contributed by atoms with E-state index in [0.717, 1.165) is 0 Å². The highest BCUT2D eigenvalue weighted by Gasteiger charge is 1.44. The Morgan fingerprint density at radius 2 is 1.88 bits per heavy atom. The molecule has 4 heteroatoms. The van der Waals surface area contributed by atoms with Crippen LogP contribution in [0.5, 0.6) is 0 Å². The highest BCUT2D eigenvalue weighted by molar-refractivity contribution is 5.36. The predicted molar refractivity (Wildman–Crippen MR) is 29.4 cm³/mol. The zero-order valence-electron chi connectivity index (χ0n) is 5.05. The number of hydrogen-bond acceptors (Lipinski definition) is 4. The first-order chi connectivity index (χ1) is 3.33. The van der Waals surface area contributed by atoms with Crippen LogP contribution in [0.2, 0.25) is 0 Å². The van der Waals surface area contributed by atoms with E-state index in [1.54, 1.807) is 6.07 Å². The van der Waals surface area contributed by atoms with E-state index in [0.29, 0.717) is 6.47 Å². The summed E-state index contributed by atoms with van der Waals surface area (Å²) in [5.74, 6) is 0. The molecule has 4 nitrogen and oxygen atoms in total. The van der Waals surface area contributed by atoms with Crippen molar-refractivity contribution in [2.24, 2.45) is 0 Å². The van der Waals surface area contributed by atoms with Crippen LogP contribution < -0.4 is 6.15 Å². The van der Waals surface area contributed by atoms with Crippen molar-refractivity contribution in [3.8, 4) is 6.07 Å². The van der Waals surface area contributed by atoms with Crippen LogP contribution in [0.15, 0.2) is 0 Å². The fourth-order valence-electron chi connectivity index (χ4n) is 0. The second kappa shape index (κ2) is 38.9. The maximum atomic E-state index is 8.95. The molecule has 0 atom stereocenters. The van der Waals surface area contributed by atoms with Gasteiger partial charge < -0.3 is 10.9 Å². The van der Waals surface area contributed by atoms with E-state index in [2.05, 4.69) is 4.74 Å². The lowest BCUT2D eigenvalue weighted by molar-refractivity contribution is -0.126. The molecule has 0 bridgehead atoms. The molecular weight excluding hydrogens is 108 g/mol. The highest BCUT2D eigenvalue weighted by atomic mass is 16.5. The van der Waals surface area contributed by atoms with Crippen LogP contribution in [-0.4, -0.2) is 13.6 Å². The minimum atomic E-state index is 0. The molecule has 0 aliphatic carbocycles. The van der Waals surface area contributed by atoms with Gasteiger partial charge >= 0.3 is 0 Å². The van der Waals surface area contributed by atoms with E-state index < -0.39 is 0 Å². The zero-order chi connectivity index (χ0) is 6.12. The molecule has 0 saturated heterocycles. The Hall–Kier alpha value is -1.08. The third-order valence-electron chi connectivity index (χ3n) is 0.0962. The van der Waals surface area contributed by atoms with Crippen molar-refractivity contribution in [1.82, 2.24) is 6.15 Å². The summed E-state index contributed by atoms with van der Waals surface area (Å²) in [6, 6.07) is 1.75. The van der Waals surface area contributed by atoms with Gasteiger partial charge in [0.2, 0.25) is 0 Å². The van der Waals surface area contributed by atoms with Gasteiger partial charge in [-0.2, -0.15) is 5.26 Å². The summed E-state index contributed by atoms with van der Waals surface area (Å²) >= 11 is 0. The van der Waals surface area contributed by atoms with Crippen LogP contribution in [0.1, 0.15) is 6.92 Å². The van der Waals surface area contributed by atoms with Crippen molar-refractivity contribution in [2.45, 2.75) is 6.92 Å². The zero-order valence-corrected chi connectivity index (χ0v) is 5.05. The van der Waals surface area contributed by atoms with Crippen molar-refractivity contribution in [3.63, 3.8) is 0 Å². The number of rotatable bonds is 1. The number of methoxy groups -OCH3 is 1. The van der Waals surface area contributed by atoms with Gasteiger partial charge in [0.05, 0.1) is 13.2 Å². The van der Waals surface area contributed by atoms with Crippen molar-refractivity contribution in [1.29, 1.82) is 5.26 Å².